The van der Waals surface area contributed by atoms with Crippen molar-refractivity contribution < 1.29 is 23.9 Å². The van der Waals surface area contributed by atoms with Crippen LogP contribution in [-0.4, -0.2) is 23.6 Å². The van der Waals surface area contributed by atoms with Gasteiger partial charge in [-0.05, 0) is 17.2 Å². The average molecular weight is 316 g/mol. The monoisotopic (exact) mass is 316 g/mol. The fourth-order valence-electron chi connectivity index (χ4n) is 2.50. The standard InChI is InChI=1S/C16H16N2O5/c1-16(2)22-14(20)11(15(21)23-16)8-17-12-5-3-4-9-6-13(19)18-7-10(9)12/h3-5,8,17H,6-7H2,1-2H3,(H,18,19). The fourth-order valence-corrected chi connectivity index (χ4v) is 2.50. The van der Waals surface area contributed by atoms with Crippen molar-refractivity contribution in [1.29, 1.82) is 0 Å². The maximum atomic E-state index is 11.9. The number of carbonyl (C=O) groups is 3. The van der Waals surface area contributed by atoms with Gasteiger partial charge in [0.05, 0.1) is 6.42 Å². The molecule has 0 atom stereocenters. The number of hydrogen-bond acceptors (Lipinski definition) is 6. The summed E-state index contributed by atoms with van der Waals surface area (Å²) in [6.45, 7) is 3.37. The highest BCUT2D eigenvalue weighted by atomic mass is 16.7. The van der Waals surface area contributed by atoms with E-state index in [0.29, 0.717) is 18.7 Å². The molecule has 0 aliphatic carbocycles. The van der Waals surface area contributed by atoms with Gasteiger partial charge in [-0.2, -0.15) is 0 Å². The zero-order valence-electron chi connectivity index (χ0n) is 12.8. The van der Waals surface area contributed by atoms with Gasteiger partial charge in [0.1, 0.15) is 0 Å². The van der Waals surface area contributed by atoms with Crippen molar-refractivity contribution in [2.75, 3.05) is 5.32 Å². The van der Waals surface area contributed by atoms with Gasteiger partial charge in [-0.1, -0.05) is 12.1 Å². The average Bonchev–Trinajstić information content (AvgIpc) is 2.44. The van der Waals surface area contributed by atoms with Gasteiger partial charge in [0.25, 0.3) is 5.79 Å². The quantitative estimate of drug-likeness (QED) is 0.480. The molecule has 1 saturated heterocycles. The molecule has 0 unspecified atom stereocenters. The number of ether oxygens (including phenoxy) is 2. The van der Waals surface area contributed by atoms with E-state index in [1.165, 1.54) is 20.0 Å². The van der Waals surface area contributed by atoms with E-state index in [4.69, 9.17) is 9.47 Å². The molecule has 1 fully saturated rings. The number of amides is 1. The second-order valence-corrected chi connectivity index (χ2v) is 5.78. The van der Waals surface area contributed by atoms with Crippen LogP contribution in [0.2, 0.25) is 0 Å². The predicted molar refractivity (Wildman–Crippen MR) is 80.0 cm³/mol. The van der Waals surface area contributed by atoms with E-state index < -0.39 is 17.7 Å². The summed E-state index contributed by atoms with van der Waals surface area (Å²) in [5, 5.41) is 5.69. The highest BCUT2D eigenvalue weighted by Gasteiger charge is 2.39. The molecule has 0 aromatic heterocycles. The van der Waals surface area contributed by atoms with Gasteiger partial charge in [-0.25, -0.2) is 9.59 Å². The first-order valence-electron chi connectivity index (χ1n) is 7.16. The summed E-state index contributed by atoms with van der Waals surface area (Å²) in [5.74, 6) is -2.77. The van der Waals surface area contributed by atoms with E-state index in [1.807, 2.05) is 6.07 Å². The third-order valence-corrected chi connectivity index (χ3v) is 3.58. The molecule has 1 aromatic rings. The molecule has 0 radical (unpaired) electrons. The molecule has 0 saturated carbocycles. The smallest absolute Gasteiger partial charge is 0.350 e. The molecule has 1 amide bonds. The lowest BCUT2D eigenvalue weighted by atomic mass is 9.99. The molecule has 3 rings (SSSR count). The highest BCUT2D eigenvalue weighted by molar-refractivity contribution is 6.15. The lowest BCUT2D eigenvalue weighted by Crippen LogP contribution is -2.42. The number of anilines is 1. The first kappa shape index (κ1) is 15.1. The fraction of sp³-hybridized carbons (Fsp3) is 0.312. The first-order valence-corrected chi connectivity index (χ1v) is 7.16. The number of cyclic esters (lactones) is 2. The van der Waals surface area contributed by atoms with E-state index in [-0.39, 0.29) is 11.5 Å². The van der Waals surface area contributed by atoms with Crippen LogP contribution in [0.25, 0.3) is 0 Å². The summed E-state index contributed by atoms with van der Waals surface area (Å²) < 4.78 is 10.0. The number of esters is 2. The second-order valence-electron chi connectivity index (χ2n) is 5.78. The van der Waals surface area contributed by atoms with Crippen molar-refractivity contribution in [3.05, 3.63) is 41.1 Å². The number of rotatable bonds is 2. The molecule has 2 heterocycles. The Morgan fingerprint density at radius 3 is 2.57 bits per heavy atom. The van der Waals surface area contributed by atoms with E-state index >= 15 is 0 Å². The summed E-state index contributed by atoms with van der Waals surface area (Å²) in [5.41, 5.74) is 2.33. The molecule has 2 N–H and O–H groups in total. The third kappa shape index (κ3) is 3.03. The van der Waals surface area contributed by atoms with E-state index in [0.717, 1.165) is 11.1 Å². The molecule has 0 spiro atoms. The summed E-state index contributed by atoms with van der Waals surface area (Å²) in [7, 11) is 0. The lowest BCUT2D eigenvalue weighted by molar-refractivity contribution is -0.222. The number of benzene rings is 1. The molecule has 7 nitrogen and oxygen atoms in total. The molecule has 0 bridgehead atoms. The Kier molecular flexibility index (Phi) is 3.55. The van der Waals surface area contributed by atoms with Crippen LogP contribution in [0.4, 0.5) is 5.69 Å². The largest absolute Gasteiger partial charge is 0.419 e. The Bertz CT molecular complexity index is 714. The number of hydrogen-bond donors (Lipinski definition) is 2. The predicted octanol–water partition coefficient (Wildman–Crippen LogP) is 0.991. The maximum absolute atomic E-state index is 11.9. The van der Waals surface area contributed by atoms with E-state index in [2.05, 4.69) is 10.6 Å². The second kappa shape index (κ2) is 5.42. The minimum atomic E-state index is -1.26. The number of fused-ring (bicyclic) bond motifs is 1. The Balaban J connectivity index is 1.84. The van der Waals surface area contributed by atoms with Gasteiger partial charge in [0.15, 0.2) is 5.57 Å². The van der Waals surface area contributed by atoms with E-state index in [1.54, 1.807) is 12.1 Å². The molecular weight excluding hydrogens is 300 g/mol. The van der Waals surface area contributed by atoms with Gasteiger partial charge < -0.3 is 20.1 Å². The van der Waals surface area contributed by atoms with Gasteiger partial charge in [-0.15, -0.1) is 0 Å². The van der Waals surface area contributed by atoms with Crippen molar-refractivity contribution >= 4 is 23.5 Å². The Labute approximate surface area is 132 Å². The molecule has 2 aliphatic rings. The zero-order valence-corrected chi connectivity index (χ0v) is 12.8. The molecule has 120 valence electrons. The van der Waals surface area contributed by atoms with Crippen LogP contribution in [0.1, 0.15) is 25.0 Å². The highest BCUT2D eigenvalue weighted by Crippen LogP contribution is 2.25. The van der Waals surface area contributed by atoms with Crippen LogP contribution in [0.5, 0.6) is 0 Å². The minimum absolute atomic E-state index is 0.0327. The number of carbonyl (C=O) groups excluding carboxylic acids is 3. The normalized spacial score (nSPS) is 19.2. The van der Waals surface area contributed by atoms with Gasteiger partial charge in [0.2, 0.25) is 5.91 Å². The summed E-state index contributed by atoms with van der Waals surface area (Å²) in [6, 6.07) is 5.48. The topological polar surface area (TPSA) is 93.7 Å². The molecular formula is C16H16N2O5. The molecule has 7 heteroatoms. The van der Waals surface area contributed by atoms with Gasteiger partial charge in [-0.3, -0.25) is 4.79 Å². The van der Waals surface area contributed by atoms with Crippen molar-refractivity contribution in [3.63, 3.8) is 0 Å². The Hall–Kier alpha value is -2.83. The molecule has 2 aliphatic heterocycles. The van der Waals surface area contributed by atoms with Crippen LogP contribution in [-0.2, 0) is 36.8 Å². The van der Waals surface area contributed by atoms with Crippen molar-refractivity contribution in [2.24, 2.45) is 0 Å². The van der Waals surface area contributed by atoms with Crippen LogP contribution in [0.3, 0.4) is 0 Å². The van der Waals surface area contributed by atoms with Crippen LogP contribution in [0, 0.1) is 0 Å². The Morgan fingerprint density at radius 1 is 1.17 bits per heavy atom. The minimum Gasteiger partial charge on any atom is -0.419 e. The number of nitrogens with one attached hydrogen (secondary N) is 2. The van der Waals surface area contributed by atoms with E-state index in [9.17, 15) is 14.4 Å². The van der Waals surface area contributed by atoms with Crippen LogP contribution in [0.15, 0.2) is 30.0 Å². The lowest BCUT2D eigenvalue weighted by Gasteiger charge is -2.29. The summed E-state index contributed by atoms with van der Waals surface area (Å²) in [6.07, 6.45) is 1.58. The molecule has 23 heavy (non-hydrogen) atoms. The van der Waals surface area contributed by atoms with Crippen molar-refractivity contribution in [2.45, 2.75) is 32.6 Å². The summed E-state index contributed by atoms with van der Waals surface area (Å²) >= 11 is 0. The van der Waals surface area contributed by atoms with Crippen LogP contribution < -0.4 is 10.6 Å². The SMILES string of the molecule is CC1(C)OC(=O)C(=CNc2cccc3c2CNC(=O)C3)C(=O)O1. The Morgan fingerprint density at radius 2 is 1.87 bits per heavy atom. The summed E-state index contributed by atoms with van der Waals surface area (Å²) in [4.78, 5) is 35.2. The molecule has 1 aromatic carbocycles. The van der Waals surface area contributed by atoms with Gasteiger partial charge >= 0.3 is 11.9 Å². The third-order valence-electron chi connectivity index (χ3n) is 3.58. The first-order chi connectivity index (χ1) is 10.9. The maximum Gasteiger partial charge on any atom is 0.350 e. The van der Waals surface area contributed by atoms with Crippen molar-refractivity contribution in [1.82, 2.24) is 5.32 Å². The zero-order chi connectivity index (χ0) is 16.6. The van der Waals surface area contributed by atoms with Crippen LogP contribution >= 0.6 is 0 Å². The van der Waals surface area contributed by atoms with Crippen molar-refractivity contribution in [3.8, 4) is 0 Å². The van der Waals surface area contributed by atoms with Gasteiger partial charge in [0, 0.05) is 32.3 Å².